The van der Waals surface area contributed by atoms with E-state index in [1.807, 2.05) is 0 Å². The van der Waals surface area contributed by atoms with E-state index in [2.05, 4.69) is 20.3 Å². The molecule has 3 rings (SSSR count). The number of thiophene rings is 1. The molecule has 9 N–H and O–H groups in total. The Kier molecular flexibility index (Phi) is 6.36. The Hall–Kier alpha value is -3.71. The van der Waals surface area contributed by atoms with E-state index in [9.17, 15) is 24.3 Å². The molecule has 164 valence electrons. The minimum absolute atomic E-state index is 0.0267. The lowest BCUT2D eigenvalue weighted by molar-refractivity contribution is -0.140. The van der Waals surface area contributed by atoms with Crippen LogP contribution in [0.2, 0.25) is 0 Å². The van der Waals surface area contributed by atoms with Crippen LogP contribution in [-0.4, -0.2) is 55.6 Å². The van der Waals surface area contributed by atoms with Gasteiger partial charge in [0.15, 0.2) is 0 Å². The summed E-state index contributed by atoms with van der Waals surface area (Å²) in [6, 6.07) is 1.86. The zero-order chi connectivity index (χ0) is 22.7. The number of rotatable bonds is 9. The number of fused-ring (bicyclic) bond motifs is 1. The number of H-pyrrole nitrogens is 2. The number of aliphatic carboxylic acids is 2. The molecule has 0 saturated heterocycles. The van der Waals surface area contributed by atoms with E-state index in [1.165, 1.54) is 6.07 Å². The van der Waals surface area contributed by atoms with Crippen LogP contribution < -0.4 is 22.3 Å². The van der Waals surface area contributed by atoms with Crippen molar-refractivity contribution in [2.24, 2.45) is 5.73 Å². The first-order valence-electron chi connectivity index (χ1n) is 9.13. The van der Waals surface area contributed by atoms with Crippen molar-refractivity contribution in [3.05, 3.63) is 44.0 Å². The van der Waals surface area contributed by atoms with Crippen LogP contribution in [0.5, 0.6) is 0 Å². The third kappa shape index (κ3) is 4.73. The topological polar surface area (TPSA) is 217 Å². The third-order valence-corrected chi connectivity index (χ3v) is 5.84. The molecular formula is C18H20N6O6S. The van der Waals surface area contributed by atoms with E-state index in [-0.39, 0.29) is 23.8 Å². The standard InChI is InChI=1S/C18H20N6O6S/c19-5-7(8-6-21-14-13(8)16(28)24-18(20)23-14)10-2-3-11(31-10)15(27)22-9(17(29)30)1-4-12(25)26/h2-3,6-7,9H,1,4-5,19H2,(H,22,27)(H,25,26)(H,29,30)(H4,20,21,23,24,28)/t7?,9-/m0/s1. The van der Waals surface area contributed by atoms with E-state index in [0.29, 0.717) is 21.5 Å². The summed E-state index contributed by atoms with van der Waals surface area (Å²) in [5.74, 6) is -3.57. The summed E-state index contributed by atoms with van der Waals surface area (Å²) >= 11 is 1.10. The van der Waals surface area contributed by atoms with Gasteiger partial charge in [0.05, 0.1) is 10.3 Å². The van der Waals surface area contributed by atoms with E-state index < -0.39 is 41.8 Å². The van der Waals surface area contributed by atoms with Crippen molar-refractivity contribution >= 4 is 46.2 Å². The molecule has 0 aliphatic rings. The monoisotopic (exact) mass is 448 g/mol. The van der Waals surface area contributed by atoms with Crippen LogP contribution in [0.15, 0.2) is 23.1 Å². The molecule has 0 radical (unpaired) electrons. The van der Waals surface area contributed by atoms with Crippen LogP contribution in [0, 0.1) is 0 Å². The highest BCUT2D eigenvalue weighted by Crippen LogP contribution is 2.32. The van der Waals surface area contributed by atoms with Gasteiger partial charge in [0.25, 0.3) is 11.5 Å². The fraction of sp³-hybridized carbons (Fsp3) is 0.278. The van der Waals surface area contributed by atoms with Gasteiger partial charge < -0.3 is 32.0 Å². The average Bonchev–Trinajstić information content (AvgIpc) is 3.33. The Bertz CT molecular complexity index is 1200. The lowest BCUT2D eigenvalue weighted by Gasteiger charge is -2.13. The second-order valence-corrected chi connectivity index (χ2v) is 7.82. The second kappa shape index (κ2) is 8.97. The largest absolute Gasteiger partial charge is 0.481 e. The van der Waals surface area contributed by atoms with Gasteiger partial charge in [-0.15, -0.1) is 11.3 Å². The highest BCUT2D eigenvalue weighted by Gasteiger charge is 2.25. The van der Waals surface area contributed by atoms with Crippen LogP contribution in [0.25, 0.3) is 11.0 Å². The van der Waals surface area contributed by atoms with Crippen molar-refractivity contribution in [1.29, 1.82) is 0 Å². The summed E-state index contributed by atoms with van der Waals surface area (Å²) < 4.78 is 0. The Morgan fingerprint density at radius 2 is 2.00 bits per heavy atom. The molecule has 0 bridgehead atoms. The molecule has 2 atom stereocenters. The lowest BCUT2D eigenvalue weighted by atomic mass is 9.98. The molecule has 0 spiro atoms. The zero-order valence-electron chi connectivity index (χ0n) is 16.0. The first-order valence-corrected chi connectivity index (χ1v) is 9.95. The highest BCUT2D eigenvalue weighted by molar-refractivity contribution is 7.14. The number of carbonyl (C=O) groups excluding carboxylic acids is 1. The number of nitrogens with zero attached hydrogens (tertiary/aromatic N) is 1. The summed E-state index contributed by atoms with van der Waals surface area (Å²) in [6.07, 6.45) is 0.972. The van der Waals surface area contributed by atoms with Crippen molar-refractivity contribution < 1.29 is 24.6 Å². The van der Waals surface area contributed by atoms with Crippen molar-refractivity contribution in [3.8, 4) is 0 Å². The number of carboxylic acids is 2. The Morgan fingerprint density at radius 3 is 2.65 bits per heavy atom. The first-order chi connectivity index (χ1) is 14.7. The molecule has 13 heteroatoms. The van der Waals surface area contributed by atoms with E-state index >= 15 is 0 Å². The molecule has 3 aromatic rings. The van der Waals surface area contributed by atoms with Gasteiger partial charge in [-0.25, -0.2) is 4.79 Å². The van der Waals surface area contributed by atoms with Gasteiger partial charge in [-0.2, -0.15) is 4.98 Å². The van der Waals surface area contributed by atoms with Gasteiger partial charge in [0.1, 0.15) is 11.7 Å². The maximum Gasteiger partial charge on any atom is 0.326 e. The maximum absolute atomic E-state index is 12.5. The number of aromatic amines is 2. The number of carboxylic acid groups (broad SMARTS) is 2. The van der Waals surface area contributed by atoms with E-state index in [4.69, 9.17) is 16.6 Å². The Balaban J connectivity index is 1.85. The Labute approximate surface area is 178 Å². The fourth-order valence-electron chi connectivity index (χ4n) is 3.17. The van der Waals surface area contributed by atoms with Crippen molar-refractivity contribution in [3.63, 3.8) is 0 Å². The van der Waals surface area contributed by atoms with Crippen molar-refractivity contribution in [1.82, 2.24) is 20.3 Å². The van der Waals surface area contributed by atoms with Crippen LogP contribution in [0.1, 0.15) is 38.9 Å². The summed E-state index contributed by atoms with van der Waals surface area (Å²) in [5, 5.41) is 20.6. The Morgan fingerprint density at radius 1 is 1.26 bits per heavy atom. The number of anilines is 1. The molecule has 12 nitrogen and oxygen atoms in total. The molecule has 3 aromatic heterocycles. The number of nitrogen functional groups attached to an aromatic ring is 1. The number of amides is 1. The molecule has 0 aliphatic carbocycles. The van der Waals surface area contributed by atoms with Gasteiger partial charge in [-0.05, 0) is 24.1 Å². The normalized spacial score (nSPS) is 13.1. The molecule has 0 aliphatic heterocycles. The minimum atomic E-state index is -1.33. The first kappa shape index (κ1) is 22.0. The third-order valence-electron chi connectivity index (χ3n) is 4.65. The van der Waals surface area contributed by atoms with Gasteiger partial charge in [-0.1, -0.05) is 0 Å². The summed E-state index contributed by atoms with van der Waals surface area (Å²) in [6.45, 7) is 0.134. The number of aromatic nitrogens is 3. The average molecular weight is 448 g/mol. The highest BCUT2D eigenvalue weighted by atomic mass is 32.1. The van der Waals surface area contributed by atoms with Crippen molar-refractivity contribution in [2.45, 2.75) is 24.8 Å². The van der Waals surface area contributed by atoms with E-state index in [0.717, 1.165) is 11.3 Å². The van der Waals surface area contributed by atoms with Crippen LogP contribution in [-0.2, 0) is 9.59 Å². The maximum atomic E-state index is 12.5. The van der Waals surface area contributed by atoms with Gasteiger partial charge in [-0.3, -0.25) is 19.4 Å². The number of hydrogen-bond acceptors (Lipinski definition) is 8. The molecule has 1 amide bonds. The predicted octanol–water partition coefficient (Wildman–Crippen LogP) is 0.0333. The lowest BCUT2D eigenvalue weighted by Crippen LogP contribution is -2.40. The van der Waals surface area contributed by atoms with Gasteiger partial charge in [0, 0.05) is 30.0 Å². The van der Waals surface area contributed by atoms with Gasteiger partial charge >= 0.3 is 11.9 Å². The molecule has 1 unspecified atom stereocenters. The number of nitrogens with two attached hydrogens (primary N) is 2. The fourth-order valence-corrected chi connectivity index (χ4v) is 4.21. The molecule has 0 aromatic carbocycles. The number of hydrogen-bond donors (Lipinski definition) is 7. The summed E-state index contributed by atoms with van der Waals surface area (Å²) in [4.78, 5) is 57.1. The zero-order valence-corrected chi connectivity index (χ0v) is 16.9. The van der Waals surface area contributed by atoms with Crippen molar-refractivity contribution in [2.75, 3.05) is 12.3 Å². The molecular weight excluding hydrogens is 428 g/mol. The van der Waals surface area contributed by atoms with Crippen LogP contribution in [0.4, 0.5) is 5.95 Å². The smallest absolute Gasteiger partial charge is 0.326 e. The summed E-state index contributed by atoms with van der Waals surface area (Å²) in [5.41, 5.74) is 12.0. The quantitative estimate of drug-likeness (QED) is 0.234. The summed E-state index contributed by atoms with van der Waals surface area (Å²) in [7, 11) is 0. The van der Waals surface area contributed by atoms with Crippen LogP contribution >= 0.6 is 11.3 Å². The van der Waals surface area contributed by atoms with E-state index in [1.54, 1.807) is 12.3 Å². The number of nitrogens with one attached hydrogen (secondary N) is 3. The predicted molar refractivity (Wildman–Crippen MR) is 112 cm³/mol. The number of carbonyl (C=O) groups is 3. The second-order valence-electron chi connectivity index (χ2n) is 6.71. The molecule has 0 saturated carbocycles. The van der Waals surface area contributed by atoms with Crippen LogP contribution in [0.3, 0.4) is 0 Å². The minimum Gasteiger partial charge on any atom is -0.481 e. The molecule has 0 fully saturated rings. The van der Waals surface area contributed by atoms with Gasteiger partial charge in [0.2, 0.25) is 5.95 Å². The molecule has 3 heterocycles. The SMILES string of the molecule is NCC(c1ccc(C(=O)N[C@@H](CCC(=O)O)C(=O)O)s1)c1c[nH]c2nc(N)[nH]c(=O)c12. The molecule has 31 heavy (non-hydrogen) atoms.